The van der Waals surface area contributed by atoms with E-state index in [4.69, 9.17) is 30.5 Å². The van der Waals surface area contributed by atoms with E-state index in [-0.39, 0.29) is 93.2 Å². The second-order valence-electron chi connectivity index (χ2n) is 15.0. The van der Waals surface area contributed by atoms with E-state index < -0.39 is 12.1 Å². The van der Waals surface area contributed by atoms with Gasteiger partial charge < -0.3 is 34.1 Å². The number of nitrogens with one attached hydrogen (secondary N) is 1. The Bertz CT molecular complexity index is 2630. The van der Waals surface area contributed by atoms with Crippen molar-refractivity contribution < 1.29 is 47.7 Å². The molecule has 3 aliphatic heterocycles. The van der Waals surface area contributed by atoms with Gasteiger partial charge in [0.25, 0.3) is 23.6 Å². The SMILES string of the molecule is CC[C@@H]1CN(C(=O)c2ccc(C(=O)N3C[C@@H](CCl)c4c3cc(OC(=O)NCCOCCOCCN3C(=O)C=CC3=O)c3ccccc43)s2)c2cc(OC(C)=O)c3ccccc3c21. The van der Waals surface area contributed by atoms with Crippen molar-refractivity contribution in [1.82, 2.24) is 10.2 Å². The lowest BCUT2D eigenvalue weighted by atomic mass is 9.93. The molecule has 3 aliphatic rings. The zero-order valence-corrected chi connectivity index (χ0v) is 35.6. The summed E-state index contributed by atoms with van der Waals surface area (Å²) in [6.07, 6.45) is 2.52. The number of esters is 1. The Morgan fingerprint density at radius 2 is 1.23 bits per heavy atom. The number of anilines is 2. The van der Waals surface area contributed by atoms with E-state index in [0.29, 0.717) is 38.8 Å². The van der Waals surface area contributed by atoms with E-state index in [9.17, 15) is 28.8 Å². The first-order chi connectivity index (χ1) is 30.1. The third kappa shape index (κ3) is 8.40. The summed E-state index contributed by atoms with van der Waals surface area (Å²) in [5.41, 5.74) is 3.13. The molecule has 320 valence electrons. The van der Waals surface area contributed by atoms with Crippen molar-refractivity contribution in [3.8, 4) is 11.5 Å². The molecule has 0 unspecified atom stereocenters. The van der Waals surface area contributed by atoms with E-state index in [0.717, 1.165) is 49.9 Å². The molecule has 5 aromatic rings. The number of alkyl halides is 1. The van der Waals surface area contributed by atoms with E-state index in [2.05, 4.69) is 12.2 Å². The van der Waals surface area contributed by atoms with Gasteiger partial charge in [-0.15, -0.1) is 22.9 Å². The third-order valence-electron chi connectivity index (χ3n) is 11.2. The first-order valence-corrected chi connectivity index (χ1v) is 21.7. The number of halogens is 1. The molecular formula is C46H43ClN4O10S. The maximum absolute atomic E-state index is 14.4. The quantitative estimate of drug-likeness (QED) is 0.0376. The van der Waals surface area contributed by atoms with Gasteiger partial charge in [0.05, 0.1) is 54.1 Å². The number of imide groups is 1. The third-order valence-corrected chi connectivity index (χ3v) is 12.6. The van der Waals surface area contributed by atoms with Crippen molar-refractivity contribution in [1.29, 1.82) is 0 Å². The number of thiophene rings is 1. The molecule has 0 aliphatic carbocycles. The summed E-state index contributed by atoms with van der Waals surface area (Å²) < 4.78 is 22.4. The van der Waals surface area contributed by atoms with Crippen molar-refractivity contribution >= 4 is 91.5 Å². The molecule has 16 heteroatoms. The van der Waals surface area contributed by atoms with Gasteiger partial charge in [0.1, 0.15) is 11.5 Å². The molecule has 14 nitrogen and oxygen atoms in total. The van der Waals surface area contributed by atoms with E-state index in [1.807, 2.05) is 48.5 Å². The fourth-order valence-corrected chi connectivity index (χ4v) is 9.47. The van der Waals surface area contributed by atoms with Crippen LogP contribution in [0.3, 0.4) is 0 Å². The van der Waals surface area contributed by atoms with Crippen molar-refractivity contribution in [3.05, 3.63) is 106 Å². The van der Waals surface area contributed by atoms with Crippen molar-refractivity contribution in [2.24, 2.45) is 0 Å². The number of carbonyl (C=O) groups is 6. The maximum Gasteiger partial charge on any atom is 0.412 e. The van der Waals surface area contributed by atoms with Gasteiger partial charge in [0, 0.05) is 79.3 Å². The van der Waals surface area contributed by atoms with Crippen molar-refractivity contribution in [3.63, 3.8) is 0 Å². The highest BCUT2D eigenvalue weighted by molar-refractivity contribution is 7.16. The summed E-state index contributed by atoms with van der Waals surface area (Å²) >= 11 is 7.64. The summed E-state index contributed by atoms with van der Waals surface area (Å²) in [4.78, 5) is 82.3. The number of ether oxygens (including phenoxy) is 4. The Morgan fingerprint density at radius 3 is 1.77 bits per heavy atom. The first-order valence-electron chi connectivity index (χ1n) is 20.3. The molecular weight excluding hydrogens is 836 g/mol. The van der Waals surface area contributed by atoms with Gasteiger partial charge in [-0.05, 0) is 40.5 Å². The predicted octanol–water partition coefficient (Wildman–Crippen LogP) is 7.16. The normalized spacial score (nSPS) is 16.7. The molecule has 1 N–H and O–H groups in total. The second-order valence-corrected chi connectivity index (χ2v) is 16.3. The van der Waals surface area contributed by atoms with Gasteiger partial charge in [0.2, 0.25) is 0 Å². The number of nitrogens with zero attached hydrogens (tertiary/aromatic N) is 3. The minimum absolute atomic E-state index is 0.0607. The molecule has 4 aromatic carbocycles. The lowest BCUT2D eigenvalue weighted by molar-refractivity contribution is -0.137. The minimum atomic E-state index is -0.712. The van der Waals surface area contributed by atoms with E-state index in [1.165, 1.54) is 19.1 Å². The Hall–Kier alpha value is -6.13. The van der Waals surface area contributed by atoms with Gasteiger partial charge in [-0.3, -0.25) is 28.9 Å². The van der Waals surface area contributed by atoms with Crippen molar-refractivity contribution in [2.45, 2.75) is 32.1 Å². The topological polar surface area (TPSA) is 161 Å². The molecule has 5 amide bonds. The molecule has 0 bridgehead atoms. The van der Waals surface area contributed by atoms with Crippen LogP contribution in [0.15, 0.2) is 84.9 Å². The van der Waals surface area contributed by atoms with Gasteiger partial charge >= 0.3 is 12.1 Å². The number of rotatable bonds is 15. The molecule has 0 saturated heterocycles. The highest BCUT2D eigenvalue weighted by Gasteiger charge is 2.38. The van der Waals surface area contributed by atoms with Gasteiger partial charge in [0.15, 0.2) is 0 Å². The number of carbonyl (C=O) groups excluding carboxylic acids is 6. The number of benzene rings is 4. The molecule has 0 spiro atoms. The highest BCUT2D eigenvalue weighted by atomic mass is 35.5. The molecule has 2 atom stereocenters. The van der Waals surface area contributed by atoms with Crippen LogP contribution < -0.4 is 24.6 Å². The van der Waals surface area contributed by atoms with E-state index >= 15 is 0 Å². The average molecular weight is 879 g/mol. The summed E-state index contributed by atoms with van der Waals surface area (Å²) in [6.45, 7) is 5.28. The minimum Gasteiger partial charge on any atom is -0.426 e. The van der Waals surface area contributed by atoms with Crippen LogP contribution in [0, 0.1) is 0 Å². The molecule has 0 saturated carbocycles. The summed E-state index contributed by atoms with van der Waals surface area (Å²) in [5, 5.41) is 5.89. The molecule has 4 heterocycles. The Labute approximate surface area is 365 Å². The fraction of sp³-hybridized carbons (Fsp3) is 0.304. The Morgan fingerprint density at radius 1 is 0.710 bits per heavy atom. The molecule has 62 heavy (non-hydrogen) atoms. The highest BCUT2D eigenvalue weighted by Crippen LogP contribution is 2.48. The molecule has 0 radical (unpaired) electrons. The van der Waals surface area contributed by atoms with Crippen molar-refractivity contribution in [2.75, 3.05) is 68.3 Å². The Balaban J connectivity index is 0.946. The first kappa shape index (κ1) is 42.6. The standard InChI is InChI=1S/C46H43ClN4O10S/c1-3-28-25-50(34-22-36(60-27(2)52)30-8-4-6-10-32(30)42(28)34)44(55)38-12-13-39(62-38)45(56)51-26-29(24-47)43-33-11-7-5-9-31(33)37(23-35(43)51)61-46(57)48-16-18-58-20-21-59-19-17-49-40(53)14-15-41(49)54/h4-15,22-23,28-29H,3,16-21,24-26H2,1-2H3,(H,48,57)/t28-,29-/m1/s1. The maximum atomic E-state index is 14.4. The average Bonchev–Trinajstić information content (AvgIpc) is 4.07. The summed E-state index contributed by atoms with van der Waals surface area (Å²) in [7, 11) is 0. The lowest BCUT2D eigenvalue weighted by Crippen LogP contribution is -2.33. The van der Waals surface area contributed by atoms with Crippen LogP contribution in [0.1, 0.15) is 62.6 Å². The number of amides is 5. The lowest BCUT2D eigenvalue weighted by Gasteiger charge is -2.19. The van der Waals surface area contributed by atoms with Crippen LogP contribution in [0.2, 0.25) is 0 Å². The van der Waals surface area contributed by atoms with E-state index in [1.54, 1.807) is 34.1 Å². The van der Waals surface area contributed by atoms with Crippen LogP contribution in [0.25, 0.3) is 21.5 Å². The Kier molecular flexibility index (Phi) is 12.7. The predicted molar refractivity (Wildman–Crippen MR) is 235 cm³/mol. The molecule has 0 fully saturated rings. The zero-order valence-electron chi connectivity index (χ0n) is 34.0. The van der Waals surface area contributed by atoms with Crippen LogP contribution in [-0.4, -0.2) is 99.1 Å². The fourth-order valence-electron chi connectivity index (χ4n) is 8.32. The summed E-state index contributed by atoms with van der Waals surface area (Å²) in [6, 6.07) is 22.0. The van der Waals surface area contributed by atoms with Gasteiger partial charge in [-0.2, -0.15) is 0 Å². The second kappa shape index (κ2) is 18.5. The number of fused-ring (bicyclic) bond motifs is 6. The summed E-state index contributed by atoms with van der Waals surface area (Å²) in [5.74, 6) is -1.03. The van der Waals surface area contributed by atoms with Crippen LogP contribution in [0.5, 0.6) is 11.5 Å². The smallest absolute Gasteiger partial charge is 0.412 e. The molecule has 1 aromatic heterocycles. The number of hydrogen-bond donors (Lipinski definition) is 1. The van der Waals surface area contributed by atoms with Gasteiger partial charge in [-0.25, -0.2) is 4.79 Å². The monoisotopic (exact) mass is 878 g/mol. The number of hydrogen-bond acceptors (Lipinski definition) is 11. The zero-order chi connectivity index (χ0) is 43.5. The van der Waals surface area contributed by atoms with Gasteiger partial charge in [-0.1, -0.05) is 55.5 Å². The largest absolute Gasteiger partial charge is 0.426 e. The van der Waals surface area contributed by atoms with Crippen LogP contribution in [-0.2, 0) is 23.9 Å². The van der Waals surface area contributed by atoms with Crippen LogP contribution >= 0.6 is 22.9 Å². The van der Waals surface area contributed by atoms with Crippen LogP contribution in [0.4, 0.5) is 16.2 Å². The molecule has 8 rings (SSSR count).